The molecule has 2 aromatic rings. The van der Waals surface area contributed by atoms with Gasteiger partial charge in [-0.25, -0.2) is 9.67 Å². The average Bonchev–Trinajstić information content (AvgIpc) is 3.20. The highest BCUT2D eigenvalue weighted by atomic mass is 15.4. The Labute approximate surface area is 174 Å². The molecule has 4 rings (SSSR count). The van der Waals surface area contributed by atoms with Gasteiger partial charge in [0.2, 0.25) is 0 Å². The van der Waals surface area contributed by atoms with Crippen LogP contribution in [0, 0.1) is 5.92 Å². The minimum absolute atomic E-state index is 0.355. The van der Waals surface area contributed by atoms with E-state index in [-0.39, 0.29) is 0 Å². The average molecular weight is 395 g/mol. The van der Waals surface area contributed by atoms with Crippen molar-refractivity contribution >= 4 is 5.96 Å². The minimum Gasteiger partial charge on any atom is -0.356 e. The number of hydrogen-bond acceptors (Lipinski definition) is 3. The van der Waals surface area contributed by atoms with E-state index in [1.54, 1.807) is 0 Å². The predicted molar refractivity (Wildman–Crippen MR) is 117 cm³/mol. The molecule has 0 saturated heterocycles. The molecule has 2 heterocycles. The highest BCUT2D eigenvalue weighted by Crippen LogP contribution is 2.35. The van der Waals surface area contributed by atoms with Crippen molar-refractivity contribution in [3.8, 4) is 0 Å². The summed E-state index contributed by atoms with van der Waals surface area (Å²) in [7, 11) is 1.86. The second kappa shape index (κ2) is 9.42. The molecule has 2 N–H and O–H groups in total. The van der Waals surface area contributed by atoms with Gasteiger partial charge in [-0.2, -0.15) is 5.10 Å². The third-order valence-corrected chi connectivity index (χ3v) is 6.46. The summed E-state index contributed by atoms with van der Waals surface area (Å²) in [5.74, 6) is 4.46. The standard InChI is InChI=1S/C23H34N6/c1-3-21-27-22-14-13-20(16-29(22)28-21)26-23(24-2)25-15-17-9-11-19(12-10-17)18-7-5-4-6-8-18/h4-8,17,19-20H,3,9-16H2,1-2H3,(H2,24,25,26). The monoisotopic (exact) mass is 394 g/mol. The van der Waals surface area contributed by atoms with Gasteiger partial charge in [-0.05, 0) is 49.5 Å². The molecule has 156 valence electrons. The van der Waals surface area contributed by atoms with Crippen LogP contribution >= 0.6 is 0 Å². The maximum atomic E-state index is 4.61. The van der Waals surface area contributed by atoms with Crippen molar-refractivity contribution in [1.82, 2.24) is 25.4 Å². The summed E-state index contributed by atoms with van der Waals surface area (Å²) in [6, 6.07) is 11.3. The van der Waals surface area contributed by atoms with Crippen LogP contribution in [0.4, 0.5) is 0 Å². The third-order valence-electron chi connectivity index (χ3n) is 6.46. The van der Waals surface area contributed by atoms with Crippen LogP contribution < -0.4 is 10.6 Å². The van der Waals surface area contributed by atoms with Gasteiger partial charge in [-0.3, -0.25) is 4.99 Å². The van der Waals surface area contributed by atoms with Crippen LogP contribution in [0.5, 0.6) is 0 Å². The van der Waals surface area contributed by atoms with Gasteiger partial charge in [-0.15, -0.1) is 0 Å². The van der Waals surface area contributed by atoms with Gasteiger partial charge in [-0.1, -0.05) is 37.3 Å². The minimum atomic E-state index is 0.355. The third kappa shape index (κ3) is 4.98. The number of nitrogens with one attached hydrogen (secondary N) is 2. The van der Waals surface area contributed by atoms with Crippen molar-refractivity contribution in [2.75, 3.05) is 13.6 Å². The molecular formula is C23H34N6. The van der Waals surface area contributed by atoms with E-state index in [9.17, 15) is 0 Å². The maximum absolute atomic E-state index is 4.61. The highest BCUT2D eigenvalue weighted by Gasteiger charge is 2.24. The Morgan fingerprint density at radius 1 is 1.14 bits per heavy atom. The molecule has 1 saturated carbocycles. The van der Waals surface area contributed by atoms with Crippen molar-refractivity contribution in [2.24, 2.45) is 10.9 Å². The number of guanidine groups is 1. The van der Waals surface area contributed by atoms with Crippen molar-refractivity contribution < 1.29 is 0 Å². The lowest BCUT2D eigenvalue weighted by atomic mass is 9.79. The van der Waals surface area contributed by atoms with Crippen molar-refractivity contribution in [2.45, 2.75) is 70.4 Å². The molecule has 1 aliphatic heterocycles. The highest BCUT2D eigenvalue weighted by molar-refractivity contribution is 5.79. The van der Waals surface area contributed by atoms with Crippen molar-refractivity contribution in [3.63, 3.8) is 0 Å². The van der Waals surface area contributed by atoms with E-state index in [0.717, 1.165) is 61.8 Å². The number of benzene rings is 1. The number of aromatic nitrogens is 3. The van der Waals surface area contributed by atoms with Gasteiger partial charge < -0.3 is 10.6 Å². The Morgan fingerprint density at radius 3 is 2.66 bits per heavy atom. The first-order valence-electron chi connectivity index (χ1n) is 11.2. The number of hydrogen-bond donors (Lipinski definition) is 2. The summed E-state index contributed by atoms with van der Waals surface area (Å²) in [6.07, 6.45) is 8.10. The van der Waals surface area contributed by atoms with Crippen LogP contribution in [0.25, 0.3) is 0 Å². The molecule has 0 radical (unpaired) electrons. The molecule has 1 fully saturated rings. The number of aryl methyl sites for hydroxylation is 2. The second-order valence-corrected chi connectivity index (χ2v) is 8.44. The Kier molecular flexibility index (Phi) is 6.47. The molecule has 0 amide bonds. The fourth-order valence-corrected chi connectivity index (χ4v) is 4.68. The lowest BCUT2D eigenvalue weighted by molar-refractivity contribution is 0.323. The van der Waals surface area contributed by atoms with Gasteiger partial charge >= 0.3 is 0 Å². The van der Waals surface area contributed by atoms with E-state index in [4.69, 9.17) is 0 Å². The second-order valence-electron chi connectivity index (χ2n) is 8.44. The lowest BCUT2D eigenvalue weighted by Gasteiger charge is -2.30. The van der Waals surface area contributed by atoms with E-state index < -0.39 is 0 Å². The van der Waals surface area contributed by atoms with Gasteiger partial charge in [0.05, 0.1) is 6.54 Å². The van der Waals surface area contributed by atoms with Crippen LogP contribution in [0.2, 0.25) is 0 Å². The Balaban J connectivity index is 1.22. The van der Waals surface area contributed by atoms with E-state index in [2.05, 4.69) is 67.6 Å². The molecular weight excluding hydrogens is 360 g/mol. The van der Waals surface area contributed by atoms with Crippen LogP contribution in [-0.4, -0.2) is 40.4 Å². The normalized spacial score (nSPS) is 24.8. The maximum Gasteiger partial charge on any atom is 0.191 e. The Bertz CT molecular complexity index is 804. The Morgan fingerprint density at radius 2 is 1.93 bits per heavy atom. The number of aliphatic imine (C=N–C) groups is 1. The molecule has 0 spiro atoms. The number of nitrogens with zero attached hydrogens (tertiary/aromatic N) is 4. The van der Waals surface area contributed by atoms with E-state index in [1.807, 2.05) is 7.05 Å². The molecule has 1 unspecified atom stereocenters. The Hall–Kier alpha value is -2.37. The first-order chi connectivity index (χ1) is 14.2. The quantitative estimate of drug-likeness (QED) is 0.603. The summed E-state index contributed by atoms with van der Waals surface area (Å²) >= 11 is 0. The van der Waals surface area contributed by atoms with Gasteiger partial charge in [0.15, 0.2) is 11.8 Å². The summed E-state index contributed by atoms with van der Waals surface area (Å²) in [5.41, 5.74) is 1.51. The zero-order valence-electron chi connectivity index (χ0n) is 17.8. The first kappa shape index (κ1) is 19.9. The summed E-state index contributed by atoms with van der Waals surface area (Å²) in [5, 5.41) is 11.8. The fourth-order valence-electron chi connectivity index (χ4n) is 4.68. The molecule has 0 bridgehead atoms. The molecule has 1 aliphatic carbocycles. The molecule has 29 heavy (non-hydrogen) atoms. The molecule has 1 aromatic heterocycles. The van der Waals surface area contributed by atoms with Crippen molar-refractivity contribution in [3.05, 3.63) is 47.5 Å². The van der Waals surface area contributed by atoms with Gasteiger partial charge in [0, 0.05) is 32.5 Å². The molecule has 1 aromatic carbocycles. The topological polar surface area (TPSA) is 67.1 Å². The van der Waals surface area contributed by atoms with Gasteiger partial charge in [0.25, 0.3) is 0 Å². The van der Waals surface area contributed by atoms with Crippen LogP contribution in [0.3, 0.4) is 0 Å². The summed E-state index contributed by atoms with van der Waals surface area (Å²) in [6.45, 7) is 3.98. The largest absolute Gasteiger partial charge is 0.356 e. The van der Waals surface area contributed by atoms with Crippen molar-refractivity contribution in [1.29, 1.82) is 0 Å². The van der Waals surface area contributed by atoms with E-state index in [0.29, 0.717) is 6.04 Å². The van der Waals surface area contributed by atoms with E-state index in [1.165, 1.54) is 31.2 Å². The molecule has 2 aliphatic rings. The molecule has 1 atom stereocenters. The first-order valence-corrected chi connectivity index (χ1v) is 11.2. The molecule has 6 nitrogen and oxygen atoms in total. The molecule has 6 heteroatoms. The summed E-state index contributed by atoms with van der Waals surface area (Å²) in [4.78, 5) is 9.06. The zero-order valence-corrected chi connectivity index (χ0v) is 17.8. The van der Waals surface area contributed by atoms with Gasteiger partial charge in [0.1, 0.15) is 5.82 Å². The lowest BCUT2D eigenvalue weighted by Crippen LogP contribution is -2.48. The number of rotatable bonds is 5. The smallest absolute Gasteiger partial charge is 0.191 e. The number of fused-ring (bicyclic) bond motifs is 1. The van der Waals surface area contributed by atoms with E-state index >= 15 is 0 Å². The SMILES string of the molecule is CCc1nc2n(n1)CC(NC(=NC)NCC1CCC(c3ccccc3)CC1)CC2. The summed E-state index contributed by atoms with van der Waals surface area (Å²) < 4.78 is 2.07. The van der Waals surface area contributed by atoms with Crippen LogP contribution in [0.1, 0.15) is 62.2 Å². The van der Waals surface area contributed by atoms with Crippen LogP contribution in [0.15, 0.2) is 35.3 Å². The zero-order chi connectivity index (χ0) is 20.1. The fraction of sp³-hybridized carbons (Fsp3) is 0.609. The predicted octanol–water partition coefficient (Wildman–Crippen LogP) is 3.29. The van der Waals surface area contributed by atoms with Crippen LogP contribution in [-0.2, 0) is 19.4 Å².